The summed E-state index contributed by atoms with van der Waals surface area (Å²) in [5, 5.41) is 5.36. The van der Waals surface area contributed by atoms with Crippen LogP contribution in [-0.4, -0.2) is 55.7 Å². The summed E-state index contributed by atoms with van der Waals surface area (Å²) in [5.41, 5.74) is 0.864. The van der Waals surface area contributed by atoms with Gasteiger partial charge in [-0.05, 0) is 13.3 Å². The van der Waals surface area contributed by atoms with Gasteiger partial charge in [-0.3, -0.25) is 4.79 Å². The van der Waals surface area contributed by atoms with E-state index in [9.17, 15) is 9.59 Å². The Kier molecular flexibility index (Phi) is 6.35. The van der Waals surface area contributed by atoms with Crippen LogP contribution in [0.15, 0.2) is 12.2 Å². The monoisotopic (exact) mass is 269 g/mol. The van der Waals surface area contributed by atoms with Gasteiger partial charge in [-0.25, -0.2) is 4.79 Å². The molecule has 6 nitrogen and oxygen atoms in total. The number of hydrogen-bond acceptors (Lipinski definition) is 3. The smallest absolute Gasteiger partial charge is 0.315 e. The maximum atomic E-state index is 12.2. The van der Waals surface area contributed by atoms with Crippen LogP contribution in [0.3, 0.4) is 0 Å². The van der Waals surface area contributed by atoms with E-state index in [-0.39, 0.29) is 11.9 Å². The minimum atomic E-state index is -0.483. The van der Waals surface area contributed by atoms with Gasteiger partial charge in [0.15, 0.2) is 0 Å². The van der Waals surface area contributed by atoms with Crippen molar-refractivity contribution in [1.82, 2.24) is 15.5 Å². The van der Waals surface area contributed by atoms with E-state index < -0.39 is 6.04 Å². The van der Waals surface area contributed by atoms with Crippen LogP contribution < -0.4 is 10.6 Å². The summed E-state index contributed by atoms with van der Waals surface area (Å²) in [6, 6.07) is -0.820. The summed E-state index contributed by atoms with van der Waals surface area (Å²) < 4.78 is 5.21. The fourth-order valence-corrected chi connectivity index (χ4v) is 1.78. The lowest BCUT2D eigenvalue weighted by Gasteiger charge is -2.30. The molecule has 3 amide bonds. The van der Waals surface area contributed by atoms with Crippen LogP contribution in [0.1, 0.15) is 20.3 Å². The van der Waals surface area contributed by atoms with E-state index in [1.54, 1.807) is 4.90 Å². The maximum Gasteiger partial charge on any atom is 0.315 e. The average Bonchev–Trinajstić information content (AvgIpc) is 2.42. The SMILES string of the molecule is C=C(C)CNC(=O)N[C@@H](CC)C(=O)N1CCOCC1. The van der Waals surface area contributed by atoms with Gasteiger partial charge in [0, 0.05) is 19.6 Å². The number of carbonyl (C=O) groups is 2. The van der Waals surface area contributed by atoms with E-state index in [4.69, 9.17) is 4.74 Å². The summed E-state index contributed by atoms with van der Waals surface area (Å²) >= 11 is 0. The number of nitrogens with one attached hydrogen (secondary N) is 2. The average molecular weight is 269 g/mol. The topological polar surface area (TPSA) is 70.7 Å². The normalized spacial score (nSPS) is 16.6. The van der Waals surface area contributed by atoms with Crippen molar-refractivity contribution in [2.24, 2.45) is 0 Å². The fourth-order valence-electron chi connectivity index (χ4n) is 1.78. The highest BCUT2D eigenvalue weighted by molar-refractivity contribution is 5.87. The minimum Gasteiger partial charge on any atom is -0.378 e. The first-order chi connectivity index (χ1) is 9.04. The molecule has 0 aromatic carbocycles. The first kappa shape index (κ1) is 15.5. The van der Waals surface area contributed by atoms with Crippen molar-refractivity contribution in [2.75, 3.05) is 32.8 Å². The summed E-state index contributed by atoms with van der Waals surface area (Å²) in [6.07, 6.45) is 0.566. The lowest BCUT2D eigenvalue weighted by atomic mass is 10.2. The van der Waals surface area contributed by atoms with Gasteiger partial charge in [0.05, 0.1) is 13.2 Å². The predicted molar refractivity (Wildman–Crippen MR) is 72.8 cm³/mol. The van der Waals surface area contributed by atoms with E-state index in [1.165, 1.54) is 0 Å². The minimum absolute atomic E-state index is 0.0451. The zero-order valence-corrected chi connectivity index (χ0v) is 11.7. The lowest BCUT2D eigenvalue weighted by molar-refractivity contribution is -0.137. The van der Waals surface area contributed by atoms with E-state index in [2.05, 4.69) is 17.2 Å². The number of rotatable bonds is 5. The first-order valence-corrected chi connectivity index (χ1v) is 6.60. The number of amides is 3. The van der Waals surface area contributed by atoms with Crippen LogP contribution in [0.4, 0.5) is 4.79 Å². The second-order valence-electron chi connectivity index (χ2n) is 4.68. The van der Waals surface area contributed by atoms with Gasteiger partial charge in [-0.2, -0.15) is 0 Å². The quantitative estimate of drug-likeness (QED) is 0.714. The fraction of sp³-hybridized carbons (Fsp3) is 0.692. The van der Waals surface area contributed by atoms with E-state index in [1.807, 2.05) is 13.8 Å². The Balaban J connectivity index is 2.44. The van der Waals surface area contributed by atoms with Gasteiger partial charge >= 0.3 is 6.03 Å². The standard InChI is InChI=1S/C13H23N3O3/c1-4-11(15-13(18)14-9-10(2)3)12(17)16-5-7-19-8-6-16/h11H,2,4-9H2,1,3H3,(H2,14,15,18)/t11-/m0/s1. The third-order valence-electron chi connectivity index (χ3n) is 2.89. The number of morpholine rings is 1. The van der Waals surface area contributed by atoms with Crippen molar-refractivity contribution in [3.8, 4) is 0 Å². The van der Waals surface area contributed by atoms with Crippen molar-refractivity contribution in [1.29, 1.82) is 0 Å². The zero-order valence-electron chi connectivity index (χ0n) is 11.7. The first-order valence-electron chi connectivity index (χ1n) is 6.60. The largest absolute Gasteiger partial charge is 0.378 e. The van der Waals surface area contributed by atoms with Crippen LogP contribution in [0.25, 0.3) is 0 Å². The molecular weight excluding hydrogens is 246 g/mol. The molecule has 0 unspecified atom stereocenters. The molecule has 0 radical (unpaired) electrons. The number of carbonyl (C=O) groups excluding carboxylic acids is 2. The molecule has 0 bridgehead atoms. The molecule has 1 fully saturated rings. The van der Waals surface area contributed by atoms with Crippen LogP contribution in [0.2, 0.25) is 0 Å². The molecule has 1 aliphatic rings. The summed E-state index contributed by atoms with van der Waals surface area (Å²) in [4.78, 5) is 25.6. The van der Waals surface area contributed by atoms with E-state index in [0.29, 0.717) is 39.3 Å². The number of nitrogens with zero attached hydrogens (tertiary/aromatic N) is 1. The molecule has 0 spiro atoms. The number of ether oxygens (including phenoxy) is 1. The molecule has 1 rings (SSSR count). The third kappa shape index (κ3) is 5.30. The van der Waals surface area contributed by atoms with Crippen molar-refractivity contribution >= 4 is 11.9 Å². The van der Waals surface area contributed by atoms with Crippen molar-refractivity contribution in [2.45, 2.75) is 26.3 Å². The van der Waals surface area contributed by atoms with Gasteiger partial charge in [0.1, 0.15) is 6.04 Å². The highest BCUT2D eigenvalue weighted by Gasteiger charge is 2.25. The zero-order chi connectivity index (χ0) is 14.3. The lowest BCUT2D eigenvalue weighted by Crippen LogP contribution is -2.53. The molecule has 0 aliphatic carbocycles. The Morgan fingerprint density at radius 3 is 2.53 bits per heavy atom. The highest BCUT2D eigenvalue weighted by Crippen LogP contribution is 2.03. The van der Waals surface area contributed by atoms with Gasteiger partial charge in [0.25, 0.3) is 0 Å². The van der Waals surface area contributed by atoms with Crippen molar-refractivity contribution in [3.05, 3.63) is 12.2 Å². The van der Waals surface area contributed by atoms with Crippen molar-refractivity contribution in [3.63, 3.8) is 0 Å². The molecule has 108 valence electrons. The molecule has 1 saturated heterocycles. The summed E-state index contributed by atoms with van der Waals surface area (Å²) in [5.74, 6) is -0.0451. The molecule has 0 aromatic rings. The van der Waals surface area contributed by atoms with E-state index in [0.717, 1.165) is 5.57 Å². The van der Waals surface area contributed by atoms with Gasteiger partial charge in [-0.15, -0.1) is 0 Å². The van der Waals surface area contributed by atoms with Gasteiger partial charge in [0.2, 0.25) is 5.91 Å². The second kappa shape index (κ2) is 7.78. The molecule has 19 heavy (non-hydrogen) atoms. The molecule has 1 atom stereocenters. The molecular formula is C13H23N3O3. The molecule has 1 heterocycles. The second-order valence-corrected chi connectivity index (χ2v) is 4.68. The maximum absolute atomic E-state index is 12.2. The highest BCUT2D eigenvalue weighted by atomic mass is 16.5. The van der Waals surface area contributed by atoms with Gasteiger partial charge in [-0.1, -0.05) is 19.1 Å². The van der Waals surface area contributed by atoms with Crippen LogP contribution in [-0.2, 0) is 9.53 Å². The van der Waals surface area contributed by atoms with Gasteiger partial charge < -0.3 is 20.3 Å². The van der Waals surface area contributed by atoms with Crippen LogP contribution in [0.5, 0.6) is 0 Å². The summed E-state index contributed by atoms with van der Waals surface area (Å²) in [7, 11) is 0. The van der Waals surface area contributed by atoms with Crippen LogP contribution in [0, 0.1) is 0 Å². The molecule has 6 heteroatoms. The Hall–Kier alpha value is -1.56. The molecule has 0 saturated carbocycles. The Labute approximate surface area is 114 Å². The number of urea groups is 1. The predicted octanol–water partition coefficient (Wildman–Crippen LogP) is 0.499. The number of hydrogen-bond donors (Lipinski definition) is 2. The Morgan fingerprint density at radius 2 is 2.00 bits per heavy atom. The Bertz CT molecular complexity index is 338. The molecule has 0 aromatic heterocycles. The third-order valence-corrected chi connectivity index (χ3v) is 2.89. The van der Waals surface area contributed by atoms with Crippen molar-refractivity contribution < 1.29 is 14.3 Å². The van der Waals surface area contributed by atoms with E-state index >= 15 is 0 Å². The molecule has 1 aliphatic heterocycles. The Morgan fingerprint density at radius 1 is 1.37 bits per heavy atom. The summed E-state index contributed by atoms with van der Waals surface area (Å²) in [6.45, 7) is 10.1. The molecule has 2 N–H and O–H groups in total. The van der Waals surface area contributed by atoms with Crippen LogP contribution >= 0.6 is 0 Å².